The lowest BCUT2D eigenvalue weighted by Crippen LogP contribution is -2.53. The summed E-state index contributed by atoms with van der Waals surface area (Å²) < 4.78 is 6.10. The third-order valence-corrected chi connectivity index (χ3v) is 7.84. The van der Waals surface area contributed by atoms with Crippen molar-refractivity contribution in [2.24, 2.45) is 0 Å². The number of amides is 2. The lowest BCUT2D eigenvalue weighted by atomic mass is 9.94. The molecule has 206 valence electrons. The molecule has 1 saturated carbocycles. The van der Waals surface area contributed by atoms with Gasteiger partial charge in [0.1, 0.15) is 11.8 Å². The molecule has 5 nitrogen and oxygen atoms in total. The van der Waals surface area contributed by atoms with E-state index in [4.69, 9.17) is 16.3 Å². The molecule has 0 spiro atoms. The number of fused-ring (bicyclic) bond motifs is 1. The first-order valence-corrected chi connectivity index (χ1v) is 14.4. The Morgan fingerprint density at radius 1 is 0.825 bits per heavy atom. The molecule has 2 amide bonds. The maximum atomic E-state index is 13.9. The van der Waals surface area contributed by atoms with Crippen LogP contribution < -0.4 is 10.1 Å². The molecule has 1 aliphatic rings. The van der Waals surface area contributed by atoms with Crippen molar-refractivity contribution in [1.29, 1.82) is 0 Å². The zero-order valence-corrected chi connectivity index (χ0v) is 23.4. The molecule has 6 heteroatoms. The van der Waals surface area contributed by atoms with Crippen LogP contribution in [0, 0.1) is 0 Å². The fourth-order valence-electron chi connectivity index (χ4n) is 5.43. The van der Waals surface area contributed by atoms with Gasteiger partial charge in [-0.1, -0.05) is 110 Å². The van der Waals surface area contributed by atoms with Crippen LogP contribution in [-0.4, -0.2) is 35.4 Å². The molecule has 1 fully saturated rings. The minimum Gasteiger partial charge on any atom is -0.483 e. The number of halogens is 1. The zero-order chi connectivity index (χ0) is 27.7. The van der Waals surface area contributed by atoms with Gasteiger partial charge in [0.15, 0.2) is 6.61 Å². The van der Waals surface area contributed by atoms with E-state index >= 15 is 0 Å². The monoisotopic (exact) mass is 554 g/mol. The minimum absolute atomic E-state index is 0.122. The van der Waals surface area contributed by atoms with Crippen molar-refractivity contribution in [2.45, 2.75) is 57.2 Å². The lowest BCUT2D eigenvalue weighted by molar-refractivity contribution is -0.143. The van der Waals surface area contributed by atoms with Gasteiger partial charge in [0.25, 0.3) is 5.91 Å². The summed E-state index contributed by atoms with van der Waals surface area (Å²) in [6, 6.07) is 30.5. The second-order valence-corrected chi connectivity index (χ2v) is 10.9. The highest BCUT2D eigenvalue weighted by atomic mass is 35.5. The van der Waals surface area contributed by atoms with E-state index in [1.807, 2.05) is 84.9 Å². The van der Waals surface area contributed by atoms with Crippen LogP contribution in [0.25, 0.3) is 10.8 Å². The van der Waals surface area contributed by atoms with E-state index in [0.717, 1.165) is 47.6 Å². The lowest BCUT2D eigenvalue weighted by Gasteiger charge is -2.33. The summed E-state index contributed by atoms with van der Waals surface area (Å²) in [7, 11) is 0. The average Bonchev–Trinajstić information content (AvgIpc) is 2.99. The van der Waals surface area contributed by atoms with Crippen LogP contribution in [0.4, 0.5) is 0 Å². The van der Waals surface area contributed by atoms with Gasteiger partial charge in [-0.05, 0) is 47.6 Å². The van der Waals surface area contributed by atoms with Gasteiger partial charge in [0, 0.05) is 29.4 Å². The van der Waals surface area contributed by atoms with Crippen molar-refractivity contribution >= 4 is 34.2 Å². The number of carbonyl (C=O) groups is 2. The highest BCUT2D eigenvalue weighted by Crippen LogP contribution is 2.26. The molecule has 40 heavy (non-hydrogen) atoms. The first-order valence-electron chi connectivity index (χ1n) is 14.1. The van der Waals surface area contributed by atoms with Gasteiger partial charge in [-0.25, -0.2) is 0 Å². The van der Waals surface area contributed by atoms with E-state index < -0.39 is 6.04 Å². The molecule has 1 N–H and O–H groups in total. The average molecular weight is 555 g/mol. The summed E-state index contributed by atoms with van der Waals surface area (Å²) >= 11 is 6.14. The van der Waals surface area contributed by atoms with Crippen molar-refractivity contribution in [3.05, 3.63) is 113 Å². The highest BCUT2D eigenvalue weighted by molar-refractivity contribution is 6.30. The number of benzene rings is 4. The third kappa shape index (κ3) is 7.22. The molecule has 5 rings (SSSR count). The molecule has 4 aromatic rings. The van der Waals surface area contributed by atoms with Crippen LogP contribution in [0.1, 0.15) is 43.2 Å². The van der Waals surface area contributed by atoms with Gasteiger partial charge >= 0.3 is 0 Å². The Morgan fingerprint density at radius 3 is 2.30 bits per heavy atom. The van der Waals surface area contributed by atoms with Crippen LogP contribution in [-0.2, 0) is 22.6 Å². The Hall–Kier alpha value is -3.83. The van der Waals surface area contributed by atoms with Crippen molar-refractivity contribution < 1.29 is 14.3 Å². The molecule has 1 aliphatic carbocycles. The number of nitrogens with one attached hydrogen (secondary N) is 1. The predicted molar refractivity (Wildman–Crippen MR) is 160 cm³/mol. The normalized spacial score (nSPS) is 14.4. The SMILES string of the molecule is O=C(NC1CCCCC1)[C@@H](Cc1ccccc1)N(Cc1ccc(Cl)cc1)C(=O)COc1cccc2ccccc12. The van der Waals surface area contributed by atoms with Crippen molar-refractivity contribution in [1.82, 2.24) is 10.2 Å². The van der Waals surface area contributed by atoms with Crippen LogP contribution in [0.2, 0.25) is 5.02 Å². The van der Waals surface area contributed by atoms with E-state index in [9.17, 15) is 9.59 Å². The summed E-state index contributed by atoms with van der Waals surface area (Å²) in [5, 5.41) is 5.88. The quantitative estimate of drug-likeness (QED) is 0.230. The number of ether oxygens (including phenoxy) is 1. The second-order valence-electron chi connectivity index (χ2n) is 10.5. The summed E-state index contributed by atoms with van der Waals surface area (Å²) in [4.78, 5) is 29.5. The van der Waals surface area contributed by atoms with Gasteiger partial charge in [0.2, 0.25) is 5.91 Å². The molecule has 4 aromatic carbocycles. The number of nitrogens with zero attached hydrogens (tertiary/aromatic N) is 1. The molecule has 0 heterocycles. The molecule has 0 saturated heterocycles. The predicted octanol–water partition coefficient (Wildman–Crippen LogP) is 6.96. The Morgan fingerprint density at radius 2 is 1.52 bits per heavy atom. The molecule has 0 aromatic heterocycles. The maximum absolute atomic E-state index is 13.9. The van der Waals surface area contributed by atoms with E-state index in [1.54, 1.807) is 17.0 Å². The van der Waals surface area contributed by atoms with Gasteiger partial charge in [-0.15, -0.1) is 0 Å². The molecule has 0 aliphatic heterocycles. The molecule has 0 radical (unpaired) electrons. The smallest absolute Gasteiger partial charge is 0.261 e. The largest absolute Gasteiger partial charge is 0.483 e. The van der Waals surface area contributed by atoms with Gasteiger partial charge < -0.3 is 15.0 Å². The minimum atomic E-state index is -0.691. The Bertz CT molecular complexity index is 1410. The Balaban J connectivity index is 1.43. The number of rotatable bonds is 10. The zero-order valence-electron chi connectivity index (χ0n) is 22.6. The van der Waals surface area contributed by atoms with Crippen molar-refractivity contribution in [3.8, 4) is 5.75 Å². The maximum Gasteiger partial charge on any atom is 0.261 e. The first-order chi connectivity index (χ1) is 19.6. The van der Waals surface area contributed by atoms with Crippen LogP contribution in [0.5, 0.6) is 5.75 Å². The molecule has 0 bridgehead atoms. The molecular formula is C34H35ClN2O3. The standard InChI is InChI=1S/C34H35ClN2O3/c35-28-20-18-26(19-21-28)23-37(33(38)24-40-32-17-9-13-27-12-7-8-16-30(27)32)31(22-25-10-3-1-4-11-25)34(39)36-29-14-5-2-6-15-29/h1,3-4,7-13,16-21,29,31H,2,5-6,14-15,22-24H2,(H,36,39)/t31-/m1/s1. The number of hydrogen-bond donors (Lipinski definition) is 1. The van der Waals surface area contributed by atoms with Gasteiger partial charge in [-0.2, -0.15) is 0 Å². The summed E-state index contributed by atoms with van der Waals surface area (Å²) in [6.45, 7) is 0.0914. The van der Waals surface area contributed by atoms with Crippen molar-refractivity contribution in [2.75, 3.05) is 6.61 Å². The number of hydrogen-bond acceptors (Lipinski definition) is 3. The van der Waals surface area contributed by atoms with Crippen LogP contribution >= 0.6 is 11.6 Å². The molecular weight excluding hydrogens is 520 g/mol. The topological polar surface area (TPSA) is 58.6 Å². The van der Waals surface area contributed by atoms with Crippen molar-refractivity contribution in [3.63, 3.8) is 0 Å². The van der Waals surface area contributed by atoms with Crippen LogP contribution in [0.3, 0.4) is 0 Å². The fourth-order valence-corrected chi connectivity index (χ4v) is 5.55. The molecule has 1 atom stereocenters. The summed E-state index contributed by atoms with van der Waals surface area (Å²) in [6.07, 6.45) is 5.78. The Kier molecular flexibility index (Phi) is 9.35. The summed E-state index contributed by atoms with van der Waals surface area (Å²) in [5.41, 5.74) is 1.89. The van der Waals surface area contributed by atoms with E-state index in [-0.39, 0.29) is 31.0 Å². The summed E-state index contributed by atoms with van der Waals surface area (Å²) in [5.74, 6) is 0.273. The second kappa shape index (κ2) is 13.5. The highest BCUT2D eigenvalue weighted by Gasteiger charge is 2.32. The fraction of sp³-hybridized carbons (Fsp3) is 0.294. The first kappa shape index (κ1) is 27.7. The van der Waals surface area contributed by atoms with E-state index in [0.29, 0.717) is 17.2 Å². The van der Waals surface area contributed by atoms with E-state index in [2.05, 4.69) is 5.32 Å². The van der Waals surface area contributed by atoms with Gasteiger partial charge in [0.05, 0.1) is 0 Å². The van der Waals surface area contributed by atoms with E-state index in [1.165, 1.54) is 6.42 Å². The Labute approximate surface area is 241 Å². The number of carbonyl (C=O) groups excluding carboxylic acids is 2. The molecule has 0 unspecified atom stereocenters. The third-order valence-electron chi connectivity index (χ3n) is 7.59. The van der Waals surface area contributed by atoms with Crippen LogP contribution in [0.15, 0.2) is 97.1 Å². The van der Waals surface area contributed by atoms with Gasteiger partial charge in [-0.3, -0.25) is 9.59 Å².